The first-order valence-corrected chi connectivity index (χ1v) is 6.61. The van der Waals surface area contributed by atoms with Crippen LogP contribution >= 0.6 is 11.6 Å². The van der Waals surface area contributed by atoms with E-state index in [-0.39, 0.29) is 12.2 Å². The van der Waals surface area contributed by atoms with Crippen LogP contribution in [-0.2, 0) is 12.0 Å². The third kappa shape index (κ3) is 3.30. The highest BCUT2D eigenvalue weighted by atomic mass is 35.5. The van der Waals surface area contributed by atoms with Gasteiger partial charge >= 0.3 is 0 Å². The van der Waals surface area contributed by atoms with Crippen LogP contribution in [0.25, 0.3) is 0 Å². The summed E-state index contributed by atoms with van der Waals surface area (Å²) < 4.78 is 18.8. The van der Waals surface area contributed by atoms with Crippen LogP contribution in [0.1, 0.15) is 18.1 Å². The van der Waals surface area contributed by atoms with Gasteiger partial charge in [-0.25, -0.2) is 4.39 Å². The van der Waals surface area contributed by atoms with Gasteiger partial charge < -0.3 is 9.84 Å². The fourth-order valence-corrected chi connectivity index (χ4v) is 2.30. The van der Waals surface area contributed by atoms with E-state index in [1.807, 2.05) is 0 Å². The third-order valence-corrected chi connectivity index (χ3v) is 3.49. The van der Waals surface area contributed by atoms with Gasteiger partial charge in [0.05, 0.1) is 12.7 Å². The number of methoxy groups -OCH3 is 1. The summed E-state index contributed by atoms with van der Waals surface area (Å²) in [5.41, 5.74) is -0.103. The van der Waals surface area contributed by atoms with Gasteiger partial charge in [-0.15, -0.1) is 0 Å². The molecule has 106 valence electrons. The highest BCUT2D eigenvalue weighted by molar-refractivity contribution is 6.30. The second-order valence-corrected chi connectivity index (χ2v) is 5.35. The standard InChI is InChI=1S/C16H16ClFO2/c1-16(19,12-3-6-14(20-2)7-4-12)10-11-9-13(17)5-8-15(11)18/h3-9,19H,10H2,1-2H3. The Bertz CT molecular complexity index is 594. The summed E-state index contributed by atoms with van der Waals surface area (Å²) in [6.45, 7) is 1.65. The van der Waals surface area contributed by atoms with Gasteiger partial charge in [0.25, 0.3) is 0 Å². The maximum atomic E-state index is 13.7. The van der Waals surface area contributed by atoms with Crippen molar-refractivity contribution in [3.05, 3.63) is 64.4 Å². The number of ether oxygens (including phenoxy) is 1. The summed E-state index contributed by atoms with van der Waals surface area (Å²) in [6, 6.07) is 11.4. The van der Waals surface area contributed by atoms with Gasteiger partial charge in [-0.05, 0) is 48.4 Å². The first-order valence-electron chi connectivity index (χ1n) is 6.23. The van der Waals surface area contributed by atoms with Gasteiger partial charge in [0.15, 0.2) is 0 Å². The molecule has 0 fully saturated rings. The highest BCUT2D eigenvalue weighted by Crippen LogP contribution is 2.28. The lowest BCUT2D eigenvalue weighted by Gasteiger charge is -2.24. The molecule has 1 atom stereocenters. The molecule has 0 aromatic heterocycles. The average Bonchev–Trinajstić information content (AvgIpc) is 2.43. The molecule has 0 aliphatic heterocycles. The summed E-state index contributed by atoms with van der Waals surface area (Å²) in [7, 11) is 1.58. The van der Waals surface area contributed by atoms with Crippen molar-refractivity contribution in [3.63, 3.8) is 0 Å². The van der Waals surface area contributed by atoms with Crippen molar-refractivity contribution in [2.24, 2.45) is 0 Å². The van der Waals surface area contributed by atoms with E-state index in [4.69, 9.17) is 16.3 Å². The molecule has 0 bridgehead atoms. The van der Waals surface area contributed by atoms with Crippen LogP contribution in [0.3, 0.4) is 0 Å². The zero-order valence-corrected chi connectivity index (χ0v) is 12.1. The largest absolute Gasteiger partial charge is 0.497 e. The van der Waals surface area contributed by atoms with E-state index in [0.29, 0.717) is 21.9 Å². The van der Waals surface area contributed by atoms with Gasteiger partial charge in [0.1, 0.15) is 11.6 Å². The second-order valence-electron chi connectivity index (χ2n) is 4.91. The van der Waals surface area contributed by atoms with Crippen LogP contribution in [0, 0.1) is 5.82 Å². The molecule has 0 aliphatic carbocycles. The Morgan fingerprint density at radius 3 is 2.45 bits per heavy atom. The topological polar surface area (TPSA) is 29.5 Å². The van der Waals surface area contributed by atoms with Crippen molar-refractivity contribution >= 4 is 11.6 Å². The maximum absolute atomic E-state index is 13.7. The molecular formula is C16H16ClFO2. The Morgan fingerprint density at radius 2 is 1.85 bits per heavy atom. The van der Waals surface area contributed by atoms with Gasteiger partial charge in [-0.3, -0.25) is 0 Å². The quantitative estimate of drug-likeness (QED) is 0.925. The summed E-state index contributed by atoms with van der Waals surface area (Å²) in [4.78, 5) is 0. The van der Waals surface area contributed by atoms with Crippen LogP contribution < -0.4 is 4.74 Å². The Hall–Kier alpha value is -1.58. The third-order valence-electron chi connectivity index (χ3n) is 3.25. The molecule has 0 saturated carbocycles. The molecule has 1 N–H and O–H groups in total. The van der Waals surface area contributed by atoms with Crippen molar-refractivity contribution in [3.8, 4) is 5.75 Å². The van der Waals surface area contributed by atoms with Crippen LogP contribution in [0.15, 0.2) is 42.5 Å². The molecule has 2 aromatic carbocycles. The summed E-state index contributed by atoms with van der Waals surface area (Å²) in [6.07, 6.45) is 0.145. The predicted octanol–water partition coefficient (Wildman–Crippen LogP) is 3.94. The Labute approximate surface area is 122 Å². The van der Waals surface area contributed by atoms with Gasteiger partial charge in [-0.2, -0.15) is 0 Å². The predicted molar refractivity (Wildman–Crippen MR) is 77.7 cm³/mol. The monoisotopic (exact) mass is 294 g/mol. The van der Waals surface area contributed by atoms with E-state index in [2.05, 4.69) is 0 Å². The van der Waals surface area contributed by atoms with E-state index in [1.54, 1.807) is 38.3 Å². The van der Waals surface area contributed by atoms with Crippen molar-refractivity contribution in [1.82, 2.24) is 0 Å². The molecule has 1 unspecified atom stereocenters. The Balaban J connectivity index is 2.27. The number of hydrogen-bond donors (Lipinski definition) is 1. The minimum Gasteiger partial charge on any atom is -0.497 e. The number of halogens is 2. The normalized spacial score (nSPS) is 13.8. The molecule has 0 aliphatic rings. The molecule has 0 saturated heterocycles. The lowest BCUT2D eigenvalue weighted by Crippen LogP contribution is -2.24. The van der Waals surface area contributed by atoms with Crippen molar-refractivity contribution in [2.45, 2.75) is 18.9 Å². The Kier molecular flexibility index (Phi) is 4.31. The minimum atomic E-state index is -1.18. The smallest absolute Gasteiger partial charge is 0.126 e. The first-order chi connectivity index (χ1) is 9.42. The molecule has 0 heterocycles. The zero-order chi connectivity index (χ0) is 14.8. The van der Waals surface area contributed by atoms with Crippen LogP contribution in [0.2, 0.25) is 5.02 Å². The molecule has 2 nitrogen and oxygen atoms in total. The number of aliphatic hydroxyl groups is 1. The van der Waals surface area contributed by atoms with Crippen LogP contribution in [0.4, 0.5) is 4.39 Å². The number of benzene rings is 2. The number of hydrogen-bond acceptors (Lipinski definition) is 2. The lowest BCUT2D eigenvalue weighted by molar-refractivity contribution is 0.0566. The van der Waals surface area contributed by atoms with E-state index in [9.17, 15) is 9.50 Å². The van der Waals surface area contributed by atoms with Crippen LogP contribution in [0.5, 0.6) is 5.75 Å². The molecular weight excluding hydrogens is 279 g/mol. The second kappa shape index (κ2) is 5.81. The number of rotatable bonds is 4. The zero-order valence-electron chi connectivity index (χ0n) is 11.4. The molecule has 20 heavy (non-hydrogen) atoms. The fraction of sp³-hybridized carbons (Fsp3) is 0.250. The van der Waals surface area contributed by atoms with E-state index in [1.165, 1.54) is 18.2 Å². The minimum absolute atomic E-state index is 0.145. The molecule has 2 rings (SSSR count). The first kappa shape index (κ1) is 14.8. The molecule has 2 aromatic rings. The Morgan fingerprint density at radius 1 is 1.20 bits per heavy atom. The van der Waals surface area contributed by atoms with E-state index >= 15 is 0 Å². The van der Waals surface area contributed by atoms with Crippen molar-refractivity contribution in [2.75, 3.05) is 7.11 Å². The van der Waals surface area contributed by atoms with Crippen molar-refractivity contribution in [1.29, 1.82) is 0 Å². The lowest BCUT2D eigenvalue weighted by atomic mass is 9.89. The van der Waals surface area contributed by atoms with Gasteiger partial charge in [0, 0.05) is 11.4 Å². The van der Waals surface area contributed by atoms with Gasteiger partial charge in [0.2, 0.25) is 0 Å². The molecule has 0 amide bonds. The highest BCUT2D eigenvalue weighted by Gasteiger charge is 2.25. The molecule has 4 heteroatoms. The molecule has 0 spiro atoms. The average molecular weight is 295 g/mol. The van der Waals surface area contributed by atoms with Crippen molar-refractivity contribution < 1.29 is 14.2 Å². The fourth-order valence-electron chi connectivity index (χ4n) is 2.10. The molecule has 0 radical (unpaired) electrons. The summed E-state index contributed by atoms with van der Waals surface area (Å²) in [5, 5.41) is 11.0. The summed E-state index contributed by atoms with van der Waals surface area (Å²) in [5.74, 6) is 0.335. The van der Waals surface area contributed by atoms with E-state index < -0.39 is 5.60 Å². The van der Waals surface area contributed by atoms with Gasteiger partial charge in [-0.1, -0.05) is 23.7 Å². The summed E-state index contributed by atoms with van der Waals surface area (Å²) >= 11 is 5.87. The van der Waals surface area contributed by atoms with E-state index in [0.717, 1.165) is 0 Å². The SMILES string of the molecule is COc1ccc(C(C)(O)Cc2cc(Cl)ccc2F)cc1. The van der Waals surface area contributed by atoms with Crippen LogP contribution in [-0.4, -0.2) is 12.2 Å². The maximum Gasteiger partial charge on any atom is 0.126 e.